The zero-order valence-electron chi connectivity index (χ0n) is 13.4. The molecule has 0 radical (unpaired) electrons. The predicted octanol–water partition coefficient (Wildman–Crippen LogP) is 5.94. The molecule has 2 aromatic rings. The molecule has 0 aliphatic carbocycles. The second-order valence-electron chi connectivity index (χ2n) is 6.32. The van der Waals surface area contributed by atoms with Crippen molar-refractivity contribution in [3.63, 3.8) is 0 Å². The predicted molar refractivity (Wildman–Crippen MR) is 99.3 cm³/mol. The van der Waals surface area contributed by atoms with Gasteiger partial charge in [0.2, 0.25) is 5.91 Å². The Morgan fingerprint density at radius 1 is 1.04 bits per heavy atom. The number of carbonyl (C=O) groups is 1. The lowest BCUT2D eigenvalue weighted by atomic mass is 9.87. The van der Waals surface area contributed by atoms with E-state index >= 15 is 0 Å². The summed E-state index contributed by atoms with van der Waals surface area (Å²) < 4.78 is 0. The Labute approximate surface area is 147 Å². The minimum Gasteiger partial charge on any atom is -0.321 e. The first-order valence-electron chi connectivity index (χ1n) is 7.30. The smallest absolute Gasteiger partial charge is 0.248 e. The maximum Gasteiger partial charge on any atom is 0.248 e. The molecule has 0 atom stereocenters. The molecule has 2 rings (SSSR count). The minimum absolute atomic E-state index is 0.114. The number of anilines is 1. The van der Waals surface area contributed by atoms with Gasteiger partial charge in [0.15, 0.2) is 0 Å². The SMILES string of the molecule is CC(C)(C)c1ccc(/C=C/C(=O)Nc2cc(Cl)ccc2Cl)cc1. The summed E-state index contributed by atoms with van der Waals surface area (Å²) in [5.74, 6) is -0.255. The van der Waals surface area contributed by atoms with Crippen LogP contribution < -0.4 is 5.32 Å². The third-order valence-corrected chi connectivity index (χ3v) is 3.95. The van der Waals surface area contributed by atoms with E-state index in [4.69, 9.17) is 23.2 Å². The Morgan fingerprint density at radius 3 is 2.30 bits per heavy atom. The molecule has 0 aromatic heterocycles. The molecule has 2 aromatic carbocycles. The molecule has 2 nitrogen and oxygen atoms in total. The van der Waals surface area contributed by atoms with Crippen LogP contribution in [0.2, 0.25) is 10.0 Å². The average Bonchev–Trinajstić information content (AvgIpc) is 2.48. The summed E-state index contributed by atoms with van der Waals surface area (Å²) in [4.78, 5) is 12.0. The third kappa shape index (κ3) is 5.12. The van der Waals surface area contributed by atoms with E-state index in [1.807, 2.05) is 12.1 Å². The molecule has 0 fully saturated rings. The molecular weight excluding hydrogens is 329 g/mol. The van der Waals surface area contributed by atoms with Crippen LogP contribution >= 0.6 is 23.2 Å². The van der Waals surface area contributed by atoms with Crippen LogP contribution in [0.3, 0.4) is 0 Å². The van der Waals surface area contributed by atoms with Crippen LogP contribution in [-0.4, -0.2) is 5.91 Å². The normalized spacial score (nSPS) is 11.7. The second-order valence-corrected chi connectivity index (χ2v) is 7.16. The molecule has 0 heterocycles. The standard InChI is InChI=1S/C19H19Cl2NO/c1-19(2,3)14-7-4-13(5-8-14)6-11-18(23)22-17-12-15(20)9-10-16(17)21/h4-12H,1-3H3,(H,22,23)/b11-6+. The van der Waals surface area contributed by atoms with Crippen LogP contribution in [0.4, 0.5) is 5.69 Å². The van der Waals surface area contributed by atoms with Crippen LogP contribution in [0.25, 0.3) is 6.08 Å². The molecule has 1 amide bonds. The van der Waals surface area contributed by atoms with Crippen molar-refractivity contribution in [3.8, 4) is 0 Å². The Balaban J connectivity index is 2.05. The van der Waals surface area contributed by atoms with Crippen molar-refractivity contribution in [2.45, 2.75) is 26.2 Å². The number of carbonyl (C=O) groups excluding carboxylic acids is 1. The molecular formula is C19H19Cl2NO. The zero-order chi connectivity index (χ0) is 17.0. The van der Waals surface area contributed by atoms with Gasteiger partial charge in [-0.3, -0.25) is 4.79 Å². The van der Waals surface area contributed by atoms with Crippen molar-refractivity contribution < 1.29 is 4.79 Å². The first-order chi connectivity index (χ1) is 10.8. The molecule has 0 aliphatic heterocycles. The van der Waals surface area contributed by atoms with E-state index < -0.39 is 0 Å². The van der Waals surface area contributed by atoms with E-state index in [-0.39, 0.29) is 11.3 Å². The molecule has 0 spiro atoms. The lowest BCUT2D eigenvalue weighted by molar-refractivity contribution is -0.111. The second kappa shape index (κ2) is 7.20. The quantitative estimate of drug-likeness (QED) is 0.683. The van der Waals surface area contributed by atoms with E-state index in [1.54, 1.807) is 24.3 Å². The van der Waals surface area contributed by atoms with E-state index in [1.165, 1.54) is 11.6 Å². The summed E-state index contributed by atoms with van der Waals surface area (Å²) in [5.41, 5.74) is 2.83. The van der Waals surface area contributed by atoms with Gasteiger partial charge in [-0.25, -0.2) is 0 Å². The van der Waals surface area contributed by atoms with E-state index in [9.17, 15) is 4.79 Å². The number of amides is 1. The minimum atomic E-state index is -0.255. The molecule has 1 N–H and O–H groups in total. The summed E-state index contributed by atoms with van der Waals surface area (Å²) in [6.07, 6.45) is 3.24. The topological polar surface area (TPSA) is 29.1 Å². The van der Waals surface area contributed by atoms with Crippen molar-refractivity contribution in [1.29, 1.82) is 0 Å². The summed E-state index contributed by atoms with van der Waals surface area (Å²) in [6, 6.07) is 13.1. The van der Waals surface area contributed by atoms with Crippen LogP contribution in [0.1, 0.15) is 31.9 Å². The van der Waals surface area contributed by atoms with Crippen LogP contribution in [0.15, 0.2) is 48.5 Å². The molecule has 0 saturated carbocycles. The maximum absolute atomic E-state index is 12.0. The molecule has 0 bridgehead atoms. The van der Waals surface area contributed by atoms with Gasteiger partial charge in [-0.15, -0.1) is 0 Å². The largest absolute Gasteiger partial charge is 0.321 e. The van der Waals surface area contributed by atoms with Gasteiger partial charge >= 0.3 is 0 Å². The Morgan fingerprint density at radius 2 is 1.70 bits per heavy atom. The monoisotopic (exact) mass is 347 g/mol. The fourth-order valence-electron chi connectivity index (χ4n) is 2.03. The Kier molecular flexibility index (Phi) is 5.51. The van der Waals surface area contributed by atoms with Gasteiger partial charge in [-0.2, -0.15) is 0 Å². The van der Waals surface area contributed by atoms with E-state index in [0.29, 0.717) is 15.7 Å². The van der Waals surface area contributed by atoms with E-state index in [2.05, 4.69) is 38.2 Å². The molecule has 120 valence electrons. The summed E-state index contributed by atoms with van der Waals surface area (Å²) in [7, 11) is 0. The zero-order valence-corrected chi connectivity index (χ0v) is 14.9. The molecule has 4 heteroatoms. The highest BCUT2D eigenvalue weighted by atomic mass is 35.5. The number of hydrogen-bond donors (Lipinski definition) is 1. The van der Waals surface area contributed by atoms with Crippen molar-refractivity contribution in [2.75, 3.05) is 5.32 Å². The first-order valence-corrected chi connectivity index (χ1v) is 8.06. The number of nitrogens with one attached hydrogen (secondary N) is 1. The highest BCUT2D eigenvalue weighted by Gasteiger charge is 2.12. The maximum atomic E-state index is 12.0. The van der Waals surface area contributed by atoms with Crippen molar-refractivity contribution in [3.05, 3.63) is 69.7 Å². The van der Waals surface area contributed by atoms with Crippen molar-refractivity contribution >= 4 is 40.9 Å². The third-order valence-electron chi connectivity index (χ3n) is 3.39. The lowest BCUT2D eigenvalue weighted by Gasteiger charge is -2.18. The molecule has 0 unspecified atom stereocenters. The van der Waals surface area contributed by atoms with Crippen LogP contribution in [-0.2, 0) is 10.2 Å². The fraction of sp³-hybridized carbons (Fsp3) is 0.211. The van der Waals surface area contributed by atoms with Gasteiger partial charge < -0.3 is 5.32 Å². The Bertz CT molecular complexity index is 728. The number of hydrogen-bond acceptors (Lipinski definition) is 1. The summed E-state index contributed by atoms with van der Waals surface area (Å²) in [5, 5.41) is 3.68. The van der Waals surface area contributed by atoms with Gasteiger partial charge in [0.05, 0.1) is 10.7 Å². The van der Waals surface area contributed by atoms with Crippen molar-refractivity contribution in [1.82, 2.24) is 0 Å². The lowest BCUT2D eigenvalue weighted by Crippen LogP contribution is -2.10. The van der Waals surface area contributed by atoms with Gasteiger partial charge in [-0.05, 0) is 40.8 Å². The Hall–Kier alpha value is -1.77. The summed E-state index contributed by atoms with van der Waals surface area (Å²) >= 11 is 11.9. The van der Waals surface area contributed by atoms with Gasteiger partial charge in [0.1, 0.15) is 0 Å². The number of benzene rings is 2. The molecule has 23 heavy (non-hydrogen) atoms. The van der Waals surface area contributed by atoms with Crippen LogP contribution in [0.5, 0.6) is 0 Å². The van der Waals surface area contributed by atoms with Gasteiger partial charge in [0, 0.05) is 11.1 Å². The van der Waals surface area contributed by atoms with E-state index in [0.717, 1.165) is 5.56 Å². The average molecular weight is 348 g/mol. The number of halogens is 2. The number of rotatable bonds is 3. The highest BCUT2D eigenvalue weighted by Crippen LogP contribution is 2.25. The van der Waals surface area contributed by atoms with Gasteiger partial charge in [-0.1, -0.05) is 68.2 Å². The highest BCUT2D eigenvalue weighted by molar-refractivity contribution is 6.35. The molecule has 0 saturated heterocycles. The van der Waals surface area contributed by atoms with Crippen molar-refractivity contribution in [2.24, 2.45) is 0 Å². The molecule has 0 aliphatic rings. The van der Waals surface area contributed by atoms with Crippen LogP contribution in [0, 0.1) is 0 Å². The fourth-order valence-corrected chi connectivity index (χ4v) is 2.37. The first kappa shape index (κ1) is 17.6. The van der Waals surface area contributed by atoms with Gasteiger partial charge in [0.25, 0.3) is 0 Å². The summed E-state index contributed by atoms with van der Waals surface area (Å²) in [6.45, 7) is 6.50.